The van der Waals surface area contributed by atoms with Crippen LogP contribution in [0.1, 0.15) is 32.1 Å². The molecule has 0 aliphatic carbocycles. The summed E-state index contributed by atoms with van der Waals surface area (Å²) >= 11 is 1.51. The standard InChI is InChI=1S/C19H16N2O4S/c1-11-8-17(21(24)25)12(2)7-15(11)9-18-20-16(10-26-18)13-3-5-14(6-4-13)19(22)23/h3-8,10H,9H2,1-2H3,(H,22,23). The van der Waals surface area contributed by atoms with E-state index in [0.717, 1.165) is 27.4 Å². The van der Waals surface area contributed by atoms with Crippen LogP contribution in [0.25, 0.3) is 11.3 Å². The van der Waals surface area contributed by atoms with Gasteiger partial charge in [-0.05, 0) is 43.2 Å². The Kier molecular flexibility index (Phi) is 4.81. The summed E-state index contributed by atoms with van der Waals surface area (Å²) in [7, 11) is 0. The highest BCUT2D eigenvalue weighted by atomic mass is 32.1. The van der Waals surface area contributed by atoms with Gasteiger partial charge in [0, 0.05) is 29.0 Å². The lowest BCUT2D eigenvalue weighted by molar-refractivity contribution is -0.385. The molecule has 0 fully saturated rings. The monoisotopic (exact) mass is 368 g/mol. The number of nitro benzene ring substituents is 1. The predicted octanol–water partition coefficient (Wildman–Crippen LogP) is 4.62. The molecule has 0 aliphatic rings. The lowest BCUT2D eigenvalue weighted by Crippen LogP contribution is -1.98. The first-order valence-corrected chi connectivity index (χ1v) is 8.76. The average Bonchev–Trinajstić information content (AvgIpc) is 3.06. The lowest BCUT2D eigenvalue weighted by Gasteiger charge is -2.06. The fraction of sp³-hybridized carbons (Fsp3) is 0.158. The number of aromatic nitrogens is 1. The van der Waals surface area contributed by atoms with Crippen LogP contribution in [0.3, 0.4) is 0 Å². The molecule has 0 spiro atoms. The van der Waals surface area contributed by atoms with E-state index in [4.69, 9.17) is 5.11 Å². The van der Waals surface area contributed by atoms with Crippen LogP contribution >= 0.6 is 11.3 Å². The molecule has 0 amide bonds. The van der Waals surface area contributed by atoms with Crippen LogP contribution in [0.15, 0.2) is 41.8 Å². The molecule has 132 valence electrons. The van der Waals surface area contributed by atoms with Crippen LogP contribution in [0, 0.1) is 24.0 Å². The normalized spacial score (nSPS) is 10.7. The molecule has 0 radical (unpaired) electrons. The minimum absolute atomic E-state index is 0.129. The zero-order chi connectivity index (χ0) is 18.8. The Morgan fingerprint density at radius 1 is 1.19 bits per heavy atom. The van der Waals surface area contributed by atoms with Crippen molar-refractivity contribution in [3.8, 4) is 11.3 Å². The predicted molar refractivity (Wildman–Crippen MR) is 99.9 cm³/mol. The molecule has 0 saturated carbocycles. The van der Waals surface area contributed by atoms with Crippen molar-refractivity contribution in [2.24, 2.45) is 0 Å². The molecular formula is C19H16N2O4S. The van der Waals surface area contributed by atoms with Gasteiger partial charge in [0.25, 0.3) is 5.69 Å². The second-order valence-electron chi connectivity index (χ2n) is 6.01. The Morgan fingerprint density at radius 2 is 1.88 bits per heavy atom. The molecule has 0 atom stereocenters. The molecule has 0 aliphatic heterocycles. The SMILES string of the molecule is Cc1cc([N+](=O)[O-])c(C)cc1Cc1nc(-c2ccc(C(=O)O)cc2)cs1. The largest absolute Gasteiger partial charge is 0.478 e. The van der Waals surface area contributed by atoms with Gasteiger partial charge in [0.15, 0.2) is 0 Å². The van der Waals surface area contributed by atoms with Crippen molar-refractivity contribution < 1.29 is 14.8 Å². The number of carboxylic acid groups (broad SMARTS) is 1. The van der Waals surface area contributed by atoms with Crippen molar-refractivity contribution in [3.05, 3.63) is 79.2 Å². The zero-order valence-electron chi connectivity index (χ0n) is 14.2. The van der Waals surface area contributed by atoms with Crippen molar-refractivity contribution >= 4 is 23.0 Å². The molecule has 1 aromatic heterocycles. The minimum atomic E-state index is -0.959. The van der Waals surface area contributed by atoms with Gasteiger partial charge in [-0.3, -0.25) is 10.1 Å². The van der Waals surface area contributed by atoms with Crippen molar-refractivity contribution in [3.63, 3.8) is 0 Å². The lowest BCUT2D eigenvalue weighted by atomic mass is 10.0. The first-order valence-electron chi connectivity index (χ1n) is 7.88. The van der Waals surface area contributed by atoms with Gasteiger partial charge in [0.1, 0.15) is 0 Å². The summed E-state index contributed by atoms with van der Waals surface area (Å²) in [5.74, 6) is -0.959. The number of hydrogen-bond donors (Lipinski definition) is 1. The Labute approximate surface area is 153 Å². The molecule has 6 nitrogen and oxygen atoms in total. The van der Waals surface area contributed by atoms with E-state index in [1.54, 1.807) is 37.3 Å². The van der Waals surface area contributed by atoms with Gasteiger partial charge in [0.05, 0.1) is 21.2 Å². The molecule has 1 N–H and O–H groups in total. The fourth-order valence-electron chi connectivity index (χ4n) is 2.72. The number of nitro groups is 1. The number of rotatable bonds is 5. The zero-order valence-corrected chi connectivity index (χ0v) is 15.0. The highest BCUT2D eigenvalue weighted by Gasteiger charge is 2.15. The van der Waals surface area contributed by atoms with Gasteiger partial charge in [0.2, 0.25) is 0 Å². The number of aryl methyl sites for hydroxylation is 2. The van der Waals surface area contributed by atoms with Crippen LogP contribution in [0.4, 0.5) is 5.69 Å². The molecule has 0 bridgehead atoms. The second-order valence-corrected chi connectivity index (χ2v) is 6.95. The summed E-state index contributed by atoms with van der Waals surface area (Å²) in [4.78, 5) is 26.2. The maximum Gasteiger partial charge on any atom is 0.335 e. The van der Waals surface area contributed by atoms with E-state index in [0.29, 0.717) is 12.0 Å². The van der Waals surface area contributed by atoms with Gasteiger partial charge in [-0.1, -0.05) is 12.1 Å². The first kappa shape index (κ1) is 17.8. The smallest absolute Gasteiger partial charge is 0.335 e. The van der Waals surface area contributed by atoms with Crippen LogP contribution < -0.4 is 0 Å². The molecule has 3 aromatic rings. The summed E-state index contributed by atoms with van der Waals surface area (Å²) in [5.41, 5.74) is 4.52. The van der Waals surface area contributed by atoms with Gasteiger partial charge in [-0.25, -0.2) is 9.78 Å². The van der Waals surface area contributed by atoms with E-state index in [-0.39, 0.29) is 16.2 Å². The van der Waals surface area contributed by atoms with E-state index >= 15 is 0 Å². The summed E-state index contributed by atoms with van der Waals surface area (Å²) in [6.45, 7) is 3.60. The molecule has 7 heteroatoms. The maximum absolute atomic E-state index is 11.0. The first-order chi connectivity index (χ1) is 12.3. The van der Waals surface area contributed by atoms with Crippen molar-refractivity contribution in [2.75, 3.05) is 0 Å². The fourth-order valence-corrected chi connectivity index (χ4v) is 3.55. The summed E-state index contributed by atoms with van der Waals surface area (Å²) < 4.78 is 0. The Bertz CT molecular complexity index is 993. The van der Waals surface area contributed by atoms with Gasteiger partial charge >= 0.3 is 5.97 Å². The van der Waals surface area contributed by atoms with Crippen molar-refractivity contribution in [1.82, 2.24) is 4.98 Å². The molecule has 26 heavy (non-hydrogen) atoms. The third kappa shape index (κ3) is 3.62. The van der Waals surface area contributed by atoms with E-state index in [9.17, 15) is 14.9 Å². The van der Waals surface area contributed by atoms with Crippen molar-refractivity contribution in [1.29, 1.82) is 0 Å². The van der Waals surface area contributed by atoms with E-state index < -0.39 is 5.97 Å². The van der Waals surface area contributed by atoms with Crippen LogP contribution in [0.2, 0.25) is 0 Å². The van der Waals surface area contributed by atoms with Crippen LogP contribution in [0.5, 0.6) is 0 Å². The molecule has 3 rings (SSSR count). The third-order valence-corrected chi connectivity index (χ3v) is 5.02. The summed E-state index contributed by atoms with van der Waals surface area (Å²) in [6.07, 6.45) is 0.600. The van der Waals surface area contributed by atoms with E-state index in [2.05, 4.69) is 4.98 Å². The number of carboxylic acids is 1. The quantitative estimate of drug-likeness (QED) is 0.524. The summed E-state index contributed by atoms with van der Waals surface area (Å²) in [6, 6.07) is 10.0. The second kappa shape index (κ2) is 7.05. The van der Waals surface area contributed by atoms with Gasteiger partial charge < -0.3 is 5.11 Å². The molecule has 0 unspecified atom stereocenters. The number of thiazole rings is 1. The molecule has 0 saturated heterocycles. The molecular weight excluding hydrogens is 352 g/mol. The topological polar surface area (TPSA) is 93.3 Å². The Hall–Kier alpha value is -3.06. The number of benzene rings is 2. The minimum Gasteiger partial charge on any atom is -0.478 e. The third-order valence-electron chi connectivity index (χ3n) is 4.17. The van der Waals surface area contributed by atoms with E-state index in [1.165, 1.54) is 11.3 Å². The Balaban J connectivity index is 1.84. The average molecular weight is 368 g/mol. The number of nitrogens with zero attached hydrogens (tertiary/aromatic N) is 2. The van der Waals surface area contributed by atoms with Gasteiger partial charge in [-0.2, -0.15) is 0 Å². The Morgan fingerprint density at radius 3 is 2.50 bits per heavy atom. The highest BCUT2D eigenvalue weighted by molar-refractivity contribution is 7.10. The van der Waals surface area contributed by atoms with E-state index in [1.807, 2.05) is 18.4 Å². The maximum atomic E-state index is 11.0. The van der Waals surface area contributed by atoms with Crippen LogP contribution in [-0.2, 0) is 6.42 Å². The summed E-state index contributed by atoms with van der Waals surface area (Å²) in [5, 5.41) is 22.8. The molecule has 1 heterocycles. The van der Waals surface area contributed by atoms with Crippen molar-refractivity contribution in [2.45, 2.75) is 20.3 Å². The van der Waals surface area contributed by atoms with Crippen LogP contribution in [-0.4, -0.2) is 21.0 Å². The van der Waals surface area contributed by atoms with Gasteiger partial charge in [-0.15, -0.1) is 11.3 Å². The number of carbonyl (C=O) groups is 1. The molecule has 2 aromatic carbocycles. The number of aromatic carboxylic acids is 1. The number of hydrogen-bond acceptors (Lipinski definition) is 5. The highest BCUT2D eigenvalue weighted by Crippen LogP contribution is 2.27.